The van der Waals surface area contributed by atoms with Crippen molar-refractivity contribution in [2.45, 2.75) is 25.3 Å². The molecule has 1 saturated heterocycles. The van der Waals surface area contributed by atoms with Crippen molar-refractivity contribution in [1.29, 1.82) is 0 Å². The van der Waals surface area contributed by atoms with E-state index in [1.54, 1.807) is 24.3 Å². The number of rotatable bonds is 2. The van der Waals surface area contributed by atoms with Gasteiger partial charge < -0.3 is 5.11 Å². The zero-order chi connectivity index (χ0) is 16.4. The molecule has 0 saturated carbocycles. The van der Waals surface area contributed by atoms with Gasteiger partial charge in [-0.05, 0) is 24.6 Å². The lowest BCUT2D eigenvalue weighted by atomic mass is 9.97. The minimum Gasteiger partial charge on any atom is -0.435 e. The fourth-order valence-corrected chi connectivity index (χ4v) is 3.61. The van der Waals surface area contributed by atoms with Crippen molar-refractivity contribution in [2.24, 2.45) is 0 Å². The van der Waals surface area contributed by atoms with Crippen LogP contribution < -0.4 is 0 Å². The number of likely N-dealkylation sites (tertiary alicyclic amines) is 1. The molecule has 1 aliphatic heterocycles. The van der Waals surface area contributed by atoms with E-state index < -0.39 is 10.6 Å². The quantitative estimate of drug-likeness (QED) is 0.856. The summed E-state index contributed by atoms with van der Waals surface area (Å²) in [5.41, 5.74) is 1.55. The smallest absolute Gasteiger partial charge is 0.435 e. The second kappa shape index (κ2) is 5.97. The van der Waals surface area contributed by atoms with Crippen LogP contribution in [0.5, 0.6) is 0 Å². The molecular weight excluding hydrogens is 290 g/mol. The molecule has 1 N–H and O–H groups in total. The van der Waals surface area contributed by atoms with E-state index in [0.29, 0.717) is 18.5 Å². The third-order valence-electron chi connectivity index (χ3n) is 4.88. The van der Waals surface area contributed by atoms with Gasteiger partial charge in [0.05, 0.1) is 5.56 Å². The average molecular weight is 310 g/mol. The lowest BCUT2D eigenvalue weighted by molar-refractivity contribution is -0.786. The fourth-order valence-electron chi connectivity index (χ4n) is 3.61. The van der Waals surface area contributed by atoms with Gasteiger partial charge in [0.2, 0.25) is 0 Å². The van der Waals surface area contributed by atoms with Crippen molar-refractivity contribution < 1.29 is 19.2 Å². The third kappa shape index (κ3) is 2.55. The Morgan fingerprint density at radius 1 is 1.00 bits per heavy atom. The van der Waals surface area contributed by atoms with E-state index in [0.717, 1.165) is 5.56 Å². The number of amides is 2. The minimum atomic E-state index is -1.07. The zero-order valence-electron chi connectivity index (χ0n) is 13.1. The van der Waals surface area contributed by atoms with Crippen LogP contribution in [0.4, 0.5) is 4.79 Å². The summed E-state index contributed by atoms with van der Waals surface area (Å²) < 4.78 is -0.524. The molecule has 0 bridgehead atoms. The van der Waals surface area contributed by atoms with Crippen LogP contribution in [-0.4, -0.2) is 34.2 Å². The molecule has 3 atom stereocenters. The lowest BCUT2D eigenvalue weighted by Crippen LogP contribution is -2.58. The van der Waals surface area contributed by atoms with E-state index in [-0.39, 0.29) is 17.9 Å². The first-order valence-corrected chi connectivity index (χ1v) is 7.82. The summed E-state index contributed by atoms with van der Waals surface area (Å²) >= 11 is 0. The standard InChI is InChI=1S/C19H19NO3/c1-14-12-17(15-8-4-2-5-9-15)13-20(14,19(22)23)18(21)16-10-6-3-7-11-16/h2-11,14,17H,12-13H2,1H3/p+1/t14-,17-,20-/m1/s1. The molecule has 3 rings (SSSR count). The highest BCUT2D eigenvalue weighted by Gasteiger charge is 2.56. The number of carbonyl (C=O) groups is 2. The lowest BCUT2D eigenvalue weighted by Gasteiger charge is -2.29. The topological polar surface area (TPSA) is 54.4 Å². The van der Waals surface area contributed by atoms with Gasteiger partial charge in [0.25, 0.3) is 0 Å². The Labute approximate surface area is 135 Å². The first-order valence-electron chi connectivity index (χ1n) is 7.82. The maximum Gasteiger partial charge on any atom is 0.521 e. The molecular formula is C19H20NO3+. The zero-order valence-corrected chi connectivity index (χ0v) is 13.1. The van der Waals surface area contributed by atoms with Crippen LogP contribution in [0.2, 0.25) is 0 Å². The second-order valence-electron chi connectivity index (χ2n) is 6.20. The van der Waals surface area contributed by atoms with Crippen molar-refractivity contribution in [3.05, 3.63) is 71.8 Å². The van der Waals surface area contributed by atoms with Crippen molar-refractivity contribution >= 4 is 12.0 Å². The molecule has 4 nitrogen and oxygen atoms in total. The number of carbonyl (C=O) groups excluding carboxylic acids is 1. The number of nitrogens with zero attached hydrogens (tertiary/aromatic N) is 1. The van der Waals surface area contributed by atoms with Gasteiger partial charge in [0, 0.05) is 12.3 Å². The molecule has 2 aromatic rings. The summed E-state index contributed by atoms with van der Waals surface area (Å²) in [5, 5.41) is 9.88. The van der Waals surface area contributed by atoms with Crippen LogP contribution in [0.25, 0.3) is 0 Å². The molecule has 0 aromatic heterocycles. The van der Waals surface area contributed by atoms with Gasteiger partial charge in [-0.2, -0.15) is 9.28 Å². The van der Waals surface area contributed by atoms with Gasteiger partial charge >= 0.3 is 12.0 Å². The predicted octanol–water partition coefficient (Wildman–Crippen LogP) is 3.90. The molecule has 0 aliphatic carbocycles. The van der Waals surface area contributed by atoms with E-state index in [4.69, 9.17) is 0 Å². The third-order valence-corrected chi connectivity index (χ3v) is 4.88. The van der Waals surface area contributed by atoms with Crippen LogP contribution in [0.15, 0.2) is 60.7 Å². The normalized spacial score (nSPS) is 26.8. The predicted molar refractivity (Wildman–Crippen MR) is 87.2 cm³/mol. The van der Waals surface area contributed by atoms with Crippen LogP contribution >= 0.6 is 0 Å². The molecule has 0 spiro atoms. The Kier molecular flexibility index (Phi) is 4.01. The first kappa shape index (κ1) is 15.4. The summed E-state index contributed by atoms with van der Waals surface area (Å²) in [6.07, 6.45) is -0.376. The van der Waals surface area contributed by atoms with Crippen LogP contribution in [0.3, 0.4) is 0 Å². The van der Waals surface area contributed by atoms with Crippen LogP contribution in [0, 0.1) is 0 Å². The van der Waals surface area contributed by atoms with Crippen molar-refractivity contribution in [1.82, 2.24) is 0 Å². The van der Waals surface area contributed by atoms with Crippen LogP contribution in [-0.2, 0) is 0 Å². The average Bonchev–Trinajstić information content (AvgIpc) is 2.94. The highest BCUT2D eigenvalue weighted by atomic mass is 16.4. The molecule has 118 valence electrons. The number of benzene rings is 2. The Balaban J connectivity index is 1.99. The molecule has 1 aliphatic rings. The van der Waals surface area contributed by atoms with Crippen LogP contribution in [0.1, 0.15) is 35.2 Å². The number of hydrogen-bond acceptors (Lipinski definition) is 2. The minimum absolute atomic E-state index is 0.0787. The first-order chi connectivity index (χ1) is 11.1. The summed E-state index contributed by atoms with van der Waals surface area (Å²) in [4.78, 5) is 25.1. The van der Waals surface area contributed by atoms with Crippen molar-refractivity contribution in [3.8, 4) is 0 Å². The Morgan fingerprint density at radius 3 is 2.13 bits per heavy atom. The summed E-state index contributed by atoms with van der Waals surface area (Å²) in [7, 11) is 0. The number of carboxylic acid groups (broad SMARTS) is 1. The molecule has 4 heteroatoms. The molecule has 2 aromatic carbocycles. The summed E-state index contributed by atoms with van der Waals surface area (Å²) in [5.74, 6) is -0.251. The summed E-state index contributed by atoms with van der Waals surface area (Å²) in [6.45, 7) is 2.16. The molecule has 1 fully saturated rings. The van der Waals surface area contributed by atoms with E-state index in [9.17, 15) is 14.7 Å². The SMILES string of the molecule is C[C@@H]1C[C@@H](c2ccccc2)C[N@+]1(C(=O)O)C(=O)c1ccccc1. The molecule has 23 heavy (non-hydrogen) atoms. The second-order valence-corrected chi connectivity index (χ2v) is 6.20. The van der Waals surface area contributed by atoms with E-state index in [1.165, 1.54) is 0 Å². The van der Waals surface area contributed by atoms with Gasteiger partial charge in [-0.3, -0.25) is 0 Å². The van der Waals surface area contributed by atoms with E-state index >= 15 is 0 Å². The molecule has 2 amide bonds. The maximum absolute atomic E-state index is 13.0. The highest BCUT2D eigenvalue weighted by molar-refractivity contribution is 5.94. The maximum atomic E-state index is 13.0. The fraction of sp³-hybridized carbons (Fsp3) is 0.263. The van der Waals surface area contributed by atoms with Gasteiger partial charge in [-0.1, -0.05) is 48.5 Å². The van der Waals surface area contributed by atoms with Crippen molar-refractivity contribution in [3.63, 3.8) is 0 Å². The van der Waals surface area contributed by atoms with Gasteiger partial charge in [0.1, 0.15) is 12.6 Å². The monoisotopic (exact) mass is 310 g/mol. The highest BCUT2D eigenvalue weighted by Crippen LogP contribution is 2.39. The van der Waals surface area contributed by atoms with Gasteiger partial charge in [-0.25, -0.2) is 4.79 Å². The van der Waals surface area contributed by atoms with E-state index in [1.807, 2.05) is 43.3 Å². The number of quaternary nitrogens is 1. The number of imide groups is 1. The summed E-state index contributed by atoms with van der Waals surface area (Å²) in [6, 6.07) is 18.3. The Morgan fingerprint density at radius 2 is 1.57 bits per heavy atom. The largest absolute Gasteiger partial charge is 0.521 e. The Bertz CT molecular complexity index is 714. The molecule has 1 heterocycles. The Hall–Kier alpha value is -2.46. The van der Waals surface area contributed by atoms with Gasteiger partial charge in [-0.15, -0.1) is 0 Å². The van der Waals surface area contributed by atoms with Gasteiger partial charge in [0.15, 0.2) is 0 Å². The molecule has 0 radical (unpaired) electrons. The van der Waals surface area contributed by atoms with E-state index in [2.05, 4.69) is 0 Å². The number of hydrogen-bond donors (Lipinski definition) is 1. The van der Waals surface area contributed by atoms with Crippen molar-refractivity contribution in [2.75, 3.05) is 6.54 Å². The molecule has 0 unspecified atom stereocenters.